The molecule has 9 heteroatoms. The first-order valence-electron chi connectivity index (χ1n) is 6.71. The van der Waals surface area contributed by atoms with E-state index in [1.54, 1.807) is 30.3 Å². The fourth-order valence-electron chi connectivity index (χ4n) is 1.68. The van der Waals surface area contributed by atoms with Crippen molar-refractivity contribution in [2.75, 3.05) is 19.5 Å². The zero-order valence-corrected chi connectivity index (χ0v) is 12.9. The highest BCUT2D eigenvalue weighted by Crippen LogP contribution is 2.08. The van der Waals surface area contributed by atoms with Crippen LogP contribution < -0.4 is 5.32 Å². The normalized spacial score (nSPS) is 10.4. The second kappa shape index (κ2) is 7.68. The highest BCUT2D eigenvalue weighted by molar-refractivity contribution is 6.01. The van der Waals surface area contributed by atoms with E-state index < -0.39 is 17.8 Å². The van der Waals surface area contributed by atoms with Gasteiger partial charge in [0.1, 0.15) is 0 Å². The zero-order valence-electron chi connectivity index (χ0n) is 12.9. The summed E-state index contributed by atoms with van der Waals surface area (Å²) in [4.78, 5) is 38.0. The average molecular weight is 330 g/mol. The summed E-state index contributed by atoms with van der Waals surface area (Å²) in [6.07, 6.45) is 2.81. The summed E-state index contributed by atoms with van der Waals surface area (Å²) in [5.41, 5.74) is 1.12. The second-order valence-electron chi connectivity index (χ2n) is 4.44. The molecule has 0 saturated carbocycles. The van der Waals surface area contributed by atoms with Crippen molar-refractivity contribution in [3.05, 3.63) is 47.3 Å². The number of hydrogen-bond donors (Lipinski definition) is 2. The van der Waals surface area contributed by atoms with E-state index in [1.165, 1.54) is 20.3 Å². The molecule has 0 spiro atoms. The van der Waals surface area contributed by atoms with Gasteiger partial charge in [-0.1, -0.05) is 12.1 Å². The number of carbonyl (C=O) groups is 3. The largest absolute Gasteiger partial charge is 0.465 e. The minimum absolute atomic E-state index is 0.0499. The predicted octanol–water partition coefficient (Wildman–Crippen LogP) is 1.03. The maximum atomic E-state index is 11.8. The van der Waals surface area contributed by atoms with E-state index in [1.807, 2.05) is 0 Å². The molecule has 0 aliphatic carbocycles. The van der Waals surface area contributed by atoms with Crippen LogP contribution in [0.5, 0.6) is 0 Å². The molecule has 0 aliphatic rings. The molecule has 1 amide bonds. The van der Waals surface area contributed by atoms with Gasteiger partial charge in [-0.2, -0.15) is 4.98 Å². The van der Waals surface area contributed by atoms with Gasteiger partial charge in [0, 0.05) is 6.08 Å². The molecule has 1 aromatic carbocycles. The molecular weight excluding hydrogens is 316 g/mol. The smallest absolute Gasteiger partial charge is 0.375 e. The number of hydrogen-bond acceptors (Lipinski definition) is 7. The highest BCUT2D eigenvalue weighted by atomic mass is 16.5. The Morgan fingerprint density at radius 1 is 1.08 bits per heavy atom. The van der Waals surface area contributed by atoms with Crippen molar-refractivity contribution in [2.24, 2.45) is 0 Å². The monoisotopic (exact) mass is 330 g/mol. The number of rotatable bonds is 5. The van der Waals surface area contributed by atoms with Crippen molar-refractivity contribution in [3.63, 3.8) is 0 Å². The lowest BCUT2D eigenvalue weighted by atomic mass is 10.1. The molecule has 2 rings (SSSR count). The fraction of sp³-hybridized carbons (Fsp3) is 0.133. The number of benzene rings is 1. The summed E-state index contributed by atoms with van der Waals surface area (Å²) in [5, 5.41) is 8.40. The van der Waals surface area contributed by atoms with Gasteiger partial charge in [-0.15, -0.1) is 5.10 Å². The summed E-state index contributed by atoms with van der Waals surface area (Å²) in [5.74, 6) is -1.78. The van der Waals surface area contributed by atoms with Crippen LogP contribution in [0.1, 0.15) is 26.5 Å². The molecule has 24 heavy (non-hydrogen) atoms. The second-order valence-corrected chi connectivity index (χ2v) is 4.44. The van der Waals surface area contributed by atoms with Gasteiger partial charge in [0.2, 0.25) is 11.8 Å². The lowest BCUT2D eigenvalue weighted by Crippen LogP contribution is -2.09. The van der Waals surface area contributed by atoms with Gasteiger partial charge >= 0.3 is 11.9 Å². The van der Waals surface area contributed by atoms with E-state index in [9.17, 15) is 14.4 Å². The SMILES string of the molecule is COC(=O)c1ccc(/C=C/C(=O)Nc2n[nH]c(C(=O)OC)n2)cc1. The molecule has 124 valence electrons. The maximum Gasteiger partial charge on any atom is 0.375 e. The number of esters is 2. The number of carbonyl (C=O) groups excluding carboxylic acids is 3. The van der Waals surface area contributed by atoms with Gasteiger partial charge in [0.25, 0.3) is 5.91 Å². The van der Waals surface area contributed by atoms with Gasteiger partial charge in [-0.3, -0.25) is 15.2 Å². The third-order valence-corrected chi connectivity index (χ3v) is 2.86. The van der Waals surface area contributed by atoms with Crippen LogP contribution in [0.15, 0.2) is 30.3 Å². The Hall–Kier alpha value is -3.49. The molecule has 0 radical (unpaired) electrons. The maximum absolute atomic E-state index is 11.8. The van der Waals surface area contributed by atoms with Gasteiger partial charge in [0.15, 0.2) is 0 Å². The number of nitrogens with zero attached hydrogens (tertiary/aromatic N) is 2. The van der Waals surface area contributed by atoms with Crippen LogP contribution in [0, 0.1) is 0 Å². The topological polar surface area (TPSA) is 123 Å². The quantitative estimate of drug-likeness (QED) is 0.620. The number of methoxy groups -OCH3 is 2. The molecular formula is C15H14N4O5. The number of nitrogens with one attached hydrogen (secondary N) is 2. The van der Waals surface area contributed by atoms with Crippen LogP contribution in [0.2, 0.25) is 0 Å². The number of H-pyrrole nitrogens is 1. The molecule has 1 aromatic heterocycles. The first kappa shape index (κ1) is 16.9. The van der Waals surface area contributed by atoms with Gasteiger partial charge in [-0.05, 0) is 23.8 Å². The van der Waals surface area contributed by atoms with E-state index in [0.29, 0.717) is 11.1 Å². The van der Waals surface area contributed by atoms with E-state index in [4.69, 9.17) is 0 Å². The third-order valence-electron chi connectivity index (χ3n) is 2.86. The van der Waals surface area contributed by atoms with Crippen molar-refractivity contribution in [1.29, 1.82) is 0 Å². The van der Waals surface area contributed by atoms with Crippen molar-refractivity contribution in [1.82, 2.24) is 15.2 Å². The lowest BCUT2D eigenvalue weighted by molar-refractivity contribution is -0.111. The van der Waals surface area contributed by atoms with Crippen LogP contribution in [0.25, 0.3) is 6.08 Å². The minimum atomic E-state index is -0.691. The third kappa shape index (κ3) is 4.26. The number of ether oxygens (including phenoxy) is 2. The first-order valence-corrected chi connectivity index (χ1v) is 6.71. The van der Waals surface area contributed by atoms with Crippen molar-refractivity contribution < 1.29 is 23.9 Å². The summed E-state index contributed by atoms with van der Waals surface area (Å²) in [6.45, 7) is 0. The van der Waals surface area contributed by atoms with Crippen LogP contribution in [-0.2, 0) is 14.3 Å². The Labute approximate surface area is 136 Å². The highest BCUT2D eigenvalue weighted by Gasteiger charge is 2.12. The fourth-order valence-corrected chi connectivity index (χ4v) is 1.68. The Kier molecular flexibility index (Phi) is 5.40. The number of aromatic nitrogens is 3. The van der Waals surface area contributed by atoms with E-state index in [0.717, 1.165) is 0 Å². The minimum Gasteiger partial charge on any atom is -0.465 e. The summed E-state index contributed by atoms with van der Waals surface area (Å²) in [6, 6.07) is 6.50. The van der Waals surface area contributed by atoms with E-state index >= 15 is 0 Å². The van der Waals surface area contributed by atoms with E-state index in [2.05, 4.69) is 30.0 Å². The lowest BCUT2D eigenvalue weighted by Gasteiger charge is -1.99. The van der Waals surface area contributed by atoms with Gasteiger partial charge in [0.05, 0.1) is 19.8 Å². The standard InChI is InChI=1S/C15H14N4O5/c1-23-13(21)10-6-3-9(4-7-10)5-8-11(20)16-15-17-12(18-19-15)14(22)24-2/h3-8H,1-2H3,(H2,16,17,18,19,20)/b8-5+. The Bertz CT molecular complexity index is 779. The molecule has 1 heterocycles. The molecule has 0 atom stereocenters. The Morgan fingerprint density at radius 3 is 2.38 bits per heavy atom. The molecule has 2 aromatic rings. The molecule has 0 bridgehead atoms. The Balaban J connectivity index is 1.96. The number of anilines is 1. The number of amides is 1. The molecule has 9 nitrogen and oxygen atoms in total. The summed E-state index contributed by atoms with van der Waals surface area (Å²) >= 11 is 0. The van der Waals surface area contributed by atoms with Crippen LogP contribution >= 0.6 is 0 Å². The molecule has 0 fully saturated rings. The van der Waals surface area contributed by atoms with Crippen LogP contribution in [-0.4, -0.2) is 47.2 Å². The van der Waals surface area contributed by atoms with Gasteiger partial charge in [-0.25, -0.2) is 9.59 Å². The van der Waals surface area contributed by atoms with Gasteiger partial charge < -0.3 is 9.47 Å². The van der Waals surface area contributed by atoms with Crippen molar-refractivity contribution in [2.45, 2.75) is 0 Å². The van der Waals surface area contributed by atoms with Crippen LogP contribution in [0.3, 0.4) is 0 Å². The van der Waals surface area contributed by atoms with E-state index in [-0.39, 0.29) is 11.8 Å². The molecule has 0 unspecified atom stereocenters. The first-order chi connectivity index (χ1) is 11.5. The predicted molar refractivity (Wildman–Crippen MR) is 83.2 cm³/mol. The average Bonchev–Trinajstić information content (AvgIpc) is 3.07. The van der Waals surface area contributed by atoms with Crippen molar-refractivity contribution >= 4 is 29.9 Å². The van der Waals surface area contributed by atoms with Crippen molar-refractivity contribution in [3.8, 4) is 0 Å². The zero-order chi connectivity index (χ0) is 17.5. The molecule has 0 saturated heterocycles. The summed E-state index contributed by atoms with van der Waals surface area (Å²) in [7, 11) is 2.51. The number of aromatic amines is 1. The summed E-state index contributed by atoms with van der Waals surface area (Å²) < 4.78 is 9.06. The molecule has 2 N–H and O–H groups in total. The van der Waals surface area contributed by atoms with Crippen LogP contribution in [0.4, 0.5) is 5.95 Å². The Morgan fingerprint density at radius 2 is 1.75 bits per heavy atom. The molecule has 0 aliphatic heterocycles.